The van der Waals surface area contributed by atoms with Gasteiger partial charge in [-0.05, 0) is 19.8 Å². The Kier molecular flexibility index (Phi) is 9.09. The van der Waals surface area contributed by atoms with Crippen molar-refractivity contribution in [1.29, 1.82) is 0 Å². The quantitative estimate of drug-likeness (QED) is 0.536. The van der Waals surface area contributed by atoms with Crippen LogP contribution in [0.2, 0.25) is 0 Å². The Bertz CT molecular complexity index is 204. The summed E-state index contributed by atoms with van der Waals surface area (Å²) in [6.45, 7) is 9.27. The minimum absolute atomic E-state index is 0.0597. The first-order chi connectivity index (χ1) is 8.01. The summed E-state index contributed by atoms with van der Waals surface area (Å²) in [6.07, 6.45) is 2.15. The molecular formula is C13H28N2O2. The highest BCUT2D eigenvalue weighted by molar-refractivity contribution is 5.76. The minimum Gasteiger partial charge on any atom is -0.392 e. The fraction of sp³-hybridized carbons (Fsp3) is 0.923. The molecule has 0 heterocycles. The molecule has 0 aromatic heterocycles. The van der Waals surface area contributed by atoms with Gasteiger partial charge in [-0.15, -0.1) is 0 Å². The van der Waals surface area contributed by atoms with E-state index in [0.29, 0.717) is 25.4 Å². The standard InChI is InChI=1S/C13H28N2O2/c1-5-11(6-2)12(16)9-14-8-7-13(17)15-10(3)4/h10-12,14,16H,5-9H2,1-4H3,(H,15,17). The number of carbonyl (C=O) groups is 1. The average Bonchev–Trinajstić information content (AvgIpc) is 2.25. The lowest BCUT2D eigenvalue weighted by Gasteiger charge is -2.20. The normalized spacial score (nSPS) is 13.1. The van der Waals surface area contributed by atoms with Gasteiger partial charge < -0.3 is 15.7 Å². The zero-order valence-corrected chi connectivity index (χ0v) is 11.6. The Labute approximate surface area is 105 Å². The fourth-order valence-electron chi connectivity index (χ4n) is 1.85. The van der Waals surface area contributed by atoms with E-state index in [0.717, 1.165) is 12.8 Å². The molecule has 1 atom stereocenters. The first-order valence-corrected chi connectivity index (χ1v) is 6.69. The van der Waals surface area contributed by atoms with Crippen LogP contribution in [0.4, 0.5) is 0 Å². The maximum atomic E-state index is 11.3. The third-order valence-corrected chi connectivity index (χ3v) is 2.92. The van der Waals surface area contributed by atoms with Crippen molar-refractivity contribution in [2.45, 2.75) is 59.1 Å². The predicted molar refractivity (Wildman–Crippen MR) is 70.8 cm³/mol. The highest BCUT2D eigenvalue weighted by Gasteiger charge is 2.14. The van der Waals surface area contributed by atoms with Crippen LogP contribution in [0.25, 0.3) is 0 Å². The number of aliphatic hydroxyl groups excluding tert-OH is 1. The van der Waals surface area contributed by atoms with E-state index in [9.17, 15) is 9.90 Å². The van der Waals surface area contributed by atoms with E-state index in [1.165, 1.54) is 0 Å². The summed E-state index contributed by atoms with van der Waals surface area (Å²) in [6, 6.07) is 0.192. The number of hydrogen-bond donors (Lipinski definition) is 3. The average molecular weight is 244 g/mol. The van der Waals surface area contributed by atoms with Gasteiger partial charge in [-0.1, -0.05) is 26.7 Å². The lowest BCUT2D eigenvalue weighted by atomic mass is 9.96. The molecule has 0 saturated heterocycles. The van der Waals surface area contributed by atoms with Gasteiger partial charge in [0, 0.05) is 25.6 Å². The Morgan fingerprint density at radius 2 is 1.82 bits per heavy atom. The van der Waals surface area contributed by atoms with Gasteiger partial charge in [0.05, 0.1) is 6.10 Å². The number of nitrogens with one attached hydrogen (secondary N) is 2. The molecule has 0 spiro atoms. The molecule has 1 unspecified atom stereocenters. The summed E-state index contributed by atoms with van der Waals surface area (Å²) >= 11 is 0. The molecule has 0 aliphatic carbocycles. The molecule has 0 aromatic carbocycles. The molecule has 4 heteroatoms. The zero-order valence-electron chi connectivity index (χ0n) is 11.6. The van der Waals surface area contributed by atoms with Crippen LogP contribution in [0, 0.1) is 5.92 Å². The monoisotopic (exact) mass is 244 g/mol. The molecule has 0 radical (unpaired) electrons. The second kappa shape index (κ2) is 9.42. The van der Waals surface area contributed by atoms with Crippen molar-refractivity contribution >= 4 is 5.91 Å². The third kappa shape index (κ3) is 8.16. The first kappa shape index (κ1) is 16.4. The maximum absolute atomic E-state index is 11.3. The summed E-state index contributed by atoms with van der Waals surface area (Å²) in [4.78, 5) is 11.3. The van der Waals surface area contributed by atoms with Crippen molar-refractivity contribution in [3.63, 3.8) is 0 Å². The van der Waals surface area contributed by atoms with Crippen molar-refractivity contribution in [3.05, 3.63) is 0 Å². The Morgan fingerprint density at radius 3 is 2.29 bits per heavy atom. The van der Waals surface area contributed by atoms with E-state index >= 15 is 0 Å². The minimum atomic E-state index is -0.307. The third-order valence-electron chi connectivity index (χ3n) is 2.92. The molecule has 4 nitrogen and oxygen atoms in total. The van der Waals surface area contributed by atoms with Gasteiger partial charge in [-0.2, -0.15) is 0 Å². The number of amides is 1. The molecule has 0 bridgehead atoms. The van der Waals surface area contributed by atoms with E-state index in [-0.39, 0.29) is 18.1 Å². The van der Waals surface area contributed by atoms with Crippen molar-refractivity contribution in [3.8, 4) is 0 Å². The van der Waals surface area contributed by atoms with Crippen molar-refractivity contribution in [2.75, 3.05) is 13.1 Å². The van der Waals surface area contributed by atoms with E-state index in [1.807, 2.05) is 13.8 Å². The van der Waals surface area contributed by atoms with Gasteiger partial charge in [0.1, 0.15) is 0 Å². The van der Waals surface area contributed by atoms with E-state index in [1.54, 1.807) is 0 Å². The van der Waals surface area contributed by atoms with Crippen LogP contribution >= 0.6 is 0 Å². The SMILES string of the molecule is CCC(CC)C(O)CNCCC(=O)NC(C)C. The van der Waals surface area contributed by atoms with Crippen LogP contribution in [0.5, 0.6) is 0 Å². The second-order valence-electron chi connectivity index (χ2n) is 4.82. The highest BCUT2D eigenvalue weighted by Crippen LogP contribution is 2.11. The van der Waals surface area contributed by atoms with Crippen LogP contribution in [-0.2, 0) is 4.79 Å². The molecular weight excluding hydrogens is 216 g/mol. The van der Waals surface area contributed by atoms with Gasteiger partial charge in [0.25, 0.3) is 0 Å². The van der Waals surface area contributed by atoms with Crippen LogP contribution in [-0.4, -0.2) is 36.2 Å². The smallest absolute Gasteiger partial charge is 0.221 e. The van der Waals surface area contributed by atoms with Crippen molar-refractivity contribution in [2.24, 2.45) is 5.92 Å². The van der Waals surface area contributed by atoms with Gasteiger partial charge in [-0.3, -0.25) is 4.79 Å². The molecule has 0 aliphatic heterocycles. The van der Waals surface area contributed by atoms with E-state index in [4.69, 9.17) is 0 Å². The Balaban J connectivity index is 3.60. The molecule has 102 valence electrons. The molecule has 0 rings (SSSR count). The maximum Gasteiger partial charge on any atom is 0.221 e. The van der Waals surface area contributed by atoms with E-state index < -0.39 is 0 Å². The lowest BCUT2D eigenvalue weighted by Crippen LogP contribution is -2.36. The lowest BCUT2D eigenvalue weighted by molar-refractivity contribution is -0.121. The van der Waals surface area contributed by atoms with Gasteiger partial charge >= 0.3 is 0 Å². The van der Waals surface area contributed by atoms with Gasteiger partial charge in [0.15, 0.2) is 0 Å². The molecule has 1 amide bonds. The molecule has 3 N–H and O–H groups in total. The molecule has 0 fully saturated rings. The van der Waals surface area contributed by atoms with Crippen LogP contribution < -0.4 is 10.6 Å². The number of aliphatic hydroxyl groups is 1. The van der Waals surface area contributed by atoms with Crippen LogP contribution in [0.3, 0.4) is 0 Å². The largest absolute Gasteiger partial charge is 0.392 e. The molecule has 0 aromatic rings. The summed E-state index contributed by atoms with van der Waals surface area (Å²) in [7, 11) is 0. The summed E-state index contributed by atoms with van der Waals surface area (Å²) < 4.78 is 0. The van der Waals surface area contributed by atoms with Crippen molar-refractivity contribution < 1.29 is 9.90 Å². The summed E-state index contributed by atoms with van der Waals surface area (Å²) in [5, 5.41) is 15.8. The first-order valence-electron chi connectivity index (χ1n) is 6.69. The predicted octanol–water partition coefficient (Wildman–Crippen LogP) is 1.29. The summed E-state index contributed by atoms with van der Waals surface area (Å²) in [5.41, 5.74) is 0. The van der Waals surface area contributed by atoms with Gasteiger partial charge in [0.2, 0.25) is 5.91 Å². The van der Waals surface area contributed by atoms with Crippen LogP contribution in [0.15, 0.2) is 0 Å². The van der Waals surface area contributed by atoms with Crippen molar-refractivity contribution in [1.82, 2.24) is 10.6 Å². The van der Waals surface area contributed by atoms with E-state index in [2.05, 4.69) is 24.5 Å². The Morgan fingerprint density at radius 1 is 1.24 bits per heavy atom. The molecule has 0 saturated carbocycles. The summed E-state index contributed by atoms with van der Waals surface area (Å²) in [5.74, 6) is 0.413. The molecule has 17 heavy (non-hydrogen) atoms. The number of carbonyl (C=O) groups excluding carboxylic acids is 1. The number of hydrogen-bond acceptors (Lipinski definition) is 3. The topological polar surface area (TPSA) is 61.4 Å². The van der Waals surface area contributed by atoms with Crippen LogP contribution in [0.1, 0.15) is 47.0 Å². The second-order valence-corrected chi connectivity index (χ2v) is 4.82. The zero-order chi connectivity index (χ0) is 13.3. The fourth-order valence-corrected chi connectivity index (χ4v) is 1.85. The Hall–Kier alpha value is -0.610. The van der Waals surface area contributed by atoms with Gasteiger partial charge in [-0.25, -0.2) is 0 Å². The highest BCUT2D eigenvalue weighted by atomic mass is 16.3. The molecule has 0 aliphatic rings. The number of rotatable bonds is 9.